The van der Waals surface area contributed by atoms with Crippen molar-refractivity contribution < 1.29 is 9.13 Å². The number of hydrogen-bond donors (Lipinski definition) is 2. The van der Waals surface area contributed by atoms with Crippen LogP contribution in [0.25, 0.3) is 0 Å². The number of nitrogens with two attached hydrogens (primary N) is 1. The molecule has 0 bridgehead atoms. The first kappa shape index (κ1) is 13.0. The topological polar surface area (TPSA) is 60.2 Å². The van der Waals surface area contributed by atoms with Crippen molar-refractivity contribution in [1.29, 1.82) is 0 Å². The minimum Gasteiger partial charge on any atom is -0.493 e. The van der Waals surface area contributed by atoms with Crippen LogP contribution >= 0.6 is 0 Å². The van der Waals surface area contributed by atoms with E-state index < -0.39 is 0 Å². The Hall–Kier alpha value is -1.98. The zero-order chi connectivity index (χ0) is 13.9. The van der Waals surface area contributed by atoms with Gasteiger partial charge < -0.3 is 4.74 Å². The molecule has 4 nitrogen and oxygen atoms in total. The van der Waals surface area contributed by atoms with Crippen molar-refractivity contribution >= 4 is 0 Å². The fourth-order valence-electron chi connectivity index (χ4n) is 2.78. The van der Waals surface area contributed by atoms with Crippen molar-refractivity contribution in [3.63, 3.8) is 0 Å². The highest BCUT2D eigenvalue weighted by molar-refractivity contribution is 5.40. The summed E-state index contributed by atoms with van der Waals surface area (Å²) in [7, 11) is 0. The van der Waals surface area contributed by atoms with Gasteiger partial charge in [-0.2, -0.15) is 0 Å². The van der Waals surface area contributed by atoms with E-state index in [0.717, 1.165) is 17.7 Å². The number of halogens is 1. The molecule has 20 heavy (non-hydrogen) atoms. The predicted molar refractivity (Wildman–Crippen MR) is 73.6 cm³/mol. The summed E-state index contributed by atoms with van der Waals surface area (Å²) in [6, 6.07) is 9.18. The van der Waals surface area contributed by atoms with E-state index in [1.165, 1.54) is 6.20 Å². The fraction of sp³-hybridized carbons (Fsp3) is 0.267. The van der Waals surface area contributed by atoms with Crippen molar-refractivity contribution in [3.05, 3.63) is 59.7 Å². The summed E-state index contributed by atoms with van der Waals surface area (Å²) in [5.41, 5.74) is 4.33. The molecule has 0 fully saturated rings. The summed E-state index contributed by atoms with van der Waals surface area (Å²) in [4.78, 5) is 3.78. The number of fused-ring (bicyclic) bond motifs is 1. The molecular weight excluding hydrogens is 257 g/mol. The van der Waals surface area contributed by atoms with Crippen molar-refractivity contribution in [3.8, 4) is 5.75 Å². The van der Waals surface area contributed by atoms with Crippen molar-refractivity contribution in [2.75, 3.05) is 6.61 Å². The molecule has 0 saturated carbocycles. The number of hydrogen-bond acceptors (Lipinski definition) is 4. The molecule has 2 atom stereocenters. The number of nitrogens with one attached hydrogen (secondary N) is 1. The highest BCUT2D eigenvalue weighted by atomic mass is 19.1. The van der Waals surface area contributed by atoms with E-state index in [4.69, 9.17) is 10.6 Å². The molecular formula is C15H16FN3O. The van der Waals surface area contributed by atoms with E-state index in [2.05, 4.69) is 10.4 Å². The number of para-hydroxylation sites is 1. The fourth-order valence-corrected chi connectivity index (χ4v) is 2.78. The van der Waals surface area contributed by atoms with E-state index in [0.29, 0.717) is 12.2 Å². The SMILES string of the molecule is NNC(c1ccncc1F)C1CCOc2ccccc21. The number of pyridine rings is 1. The minimum absolute atomic E-state index is 0.0712. The smallest absolute Gasteiger partial charge is 0.146 e. The zero-order valence-corrected chi connectivity index (χ0v) is 10.9. The van der Waals surface area contributed by atoms with Gasteiger partial charge in [-0.15, -0.1) is 0 Å². The normalized spacial score (nSPS) is 19.0. The van der Waals surface area contributed by atoms with E-state index in [-0.39, 0.29) is 17.8 Å². The third-order valence-electron chi connectivity index (χ3n) is 3.73. The first-order chi connectivity index (χ1) is 9.81. The summed E-state index contributed by atoms with van der Waals surface area (Å²) in [6.07, 6.45) is 3.58. The van der Waals surface area contributed by atoms with Crippen LogP contribution in [0.1, 0.15) is 29.5 Å². The van der Waals surface area contributed by atoms with Gasteiger partial charge in [-0.25, -0.2) is 4.39 Å². The molecule has 0 radical (unpaired) electrons. The summed E-state index contributed by atoms with van der Waals surface area (Å²) in [6.45, 7) is 0.604. The van der Waals surface area contributed by atoms with Gasteiger partial charge in [-0.3, -0.25) is 16.3 Å². The minimum atomic E-state index is -0.348. The maximum atomic E-state index is 14.0. The van der Waals surface area contributed by atoms with Gasteiger partial charge in [0.05, 0.1) is 18.8 Å². The highest BCUT2D eigenvalue weighted by Crippen LogP contribution is 2.41. The molecule has 2 aromatic rings. The molecule has 0 amide bonds. The quantitative estimate of drug-likeness (QED) is 0.665. The number of ether oxygens (including phenoxy) is 1. The van der Waals surface area contributed by atoms with Crippen LogP contribution in [0.5, 0.6) is 5.75 Å². The van der Waals surface area contributed by atoms with Gasteiger partial charge in [0.2, 0.25) is 0 Å². The second-order valence-electron chi connectivity index (χ2n) is 4.82. The molecule has 1 aromatic heterocycles. The standard InChI is InChI=1S/C15H16FN3O/c16-13-9-18-7-5-12(13)15(19-17)11-6-8-20-14-4-2-1-3-10(11)14/h1-5,7,9,11,15,19H,6,8,17H2. The summed E-state index contributed by atoms with van der Waals surface area (Å²) in [5.74, 6) is 6.25. The molecule has 5 heteroatoms. The lowest BCUT2D eigenvalue weighted by molar-refractivity contribution is 0.244. The Labute approximate surface area is 116 Å². The Kier molecular flexibility index (Phi) is 3.62. The van der Waals surface area contributed by atoms with Crippen LogP contribution in [0.15, 0.2) is 42.7 Å². The van der Waals surface area contributed by atoms with Gasteiger partial charge in [-0.05, 0) is 24.1 Å². The monoisotopic (exact) mass is 273 g/mol. The lowest BCUT2D eigenvalue weighted by Crippen LogP contribution is -2.35. The van der Waals surface area contributed by atoms with Crippen LogP contribution in [0.4, 0.5) is 4.39 Å². The zero-order valence-electron chi connectivity index (χ0n) is 10.9. The summed E-state index contributed by atoms with van der Waals surface area (Å²) >= 11 is 0. The predicted octanol–water partition coefficient (Wildman–Crippen LogP) is 2.29. The van der Waals surface area contributed by atoms with Crippen LogP contribution < -0.4 is 16.0 Å². The molecule has 0 saturated heterocycles. The third kappa shape index (κ3) is 2.26. The van der Waals surface area contributed by atoms with Gasteiger partial charge in [0, 0.05) is 17.7 Å². The molecule has 1 aliphatic heterocycles. The largest absolute Gasteiger partial charge is 0.493 e. The molecule has 0 spiro atoms. The average Bonchev–Trinajstić information content (AvgIpc) is 2.50. The Bertz CT molecular complexity index is 605. The second kappa shape index (κ2) is 5.56. The van der Waals surface area contributed by atoms with Gasteiger partial charge in [0.25, 0.3) is 0 Å². The van der Waals surface area contributed by atoms with Crippen LogP contribution in [0.2, 0.25) is 0 Å². The molecule has 3 N–H and O–H groups in total. The Balaban J connectivity index is 2.01. The molecule has 1 aliphatic rings. The number of aromatic nitrogens is 1. The molecule has 104 valence electrons. The van der Waals surface area contributed by atoms with Gasteiger partial charge in [0.15, 0.2) is 0 Å². The van der Waals surface area contributed by atoms with Crippen LogP contribution in [0, 0.1) is 5.82 Å². The number of benzene rings is 1. The second-order valence-corrected chi connectivity index (χ2v) is 4.82. The molecule has 3 rings (SSSR count). The molecule has 2 unspecified atom stereocenters. The van der Waals surface area contributed by atoms with Gasteiger partial charge in [-0.1, -0.05) is 18.2 Å². The van der Waals surface area contributed by atoms with E-state index in [1.807, 2.05) is 24.3 Å². The van der Waals surface area contributed by atoms with Crippen LogP contribution in [-0.4, -0.2) is 11.6 Å². The number of rotatable bonds is 3. The summed E-state index contributed by atoms with van der Waals surface area (Å²) in [5, 5.41) is 0. The van der Waals surface area contributed by atoms with Crippen molar-refractivity contribution in [1.82, 2.24) is 10.4 Å². The van der Waals surface area contributed by atoms with Gasteiger partial charge >= 0.3 is 0 Å². The lowest BCUT2D eigenvalue weighted by Gasteiger charge is -2.32. The Morgan fingerprint density at radius 3 is 3.00 bits per heavy atom. The Morgan fingerprint density at radius 2 is 2.20 bits per heavy atom. The molecule has 2 heterocycles. The molecule has 1 aromatic carbocycles. The van der Waals surface area contributed by atoms with E-state index in [1.54, 1.807) is 12.3 Å². The van der Waals surface area contributed by atoms with E-state index in [9.17, 15) is 4.39 Å². The first-order valence-corrected chi connectivity index (χ1v) is 6.58. The highest BCUT2D eigenvalue weighted by Gasteiger charge is 2.30. The number of nitrogens with zero attached hydrogens (tertiary/aromatic N) is 1. The lowest BCUT2D eigenvalue weighted by atomic mass is 9.83. The third-order valence-corrected chi connectivity index (χ3v) is 3.73. The summed E-state index contributed by atoms with van der Waals surface area (Å²) < 4.78 is 19.6. The Morgan fingerprint density at radius 1 is 1.35 bits per heavy atom. The maximum Gasteiger partial charge on any atom is 0.146 e. The average molecular weight is 273 g/mol. The van der Waals surface area contributed by atoms with E-state index >= 15 is 0 Å². The van der Waals surface area contributed by atoms with Crippen LogP contribution in [-0.2, 0) is 0 Å². The van der Waals surface area contributed by atoms with Crippen molar-refractivity contribution in [2.24, 2.45) is 5.84 Å². The van der Waals surface area contributed by atoms with Crippen molar-refractivity contribution in [2.45, 2.75) is 18.4 Å². The number of hydrazine groups is 1. The van der Waals surface area contributed by atoms with Gasteiger partial charge in [0.1, 0.15) is 11.6 Å². The maximum absolute atomic E-state index is 14.0. The van der Waals surface area contributed by atoms with Crippen LogP contribution in [0.3, 0.4) is 0 Å². The molecule has 0 aliphatic carbocycles. The first-order valence-electron chi connectivity index (χ1n) is 6.58.